The highest BCUT2D eigenvalue weighted by atomic mass is 16.6. The number of amides is 1. The summed E-state index contributed by atoms with van der Waals surface area (Å²) < 4.78 is 10.3. The van der Waals surface area contributed by atoms with Gasteiger partial charge in [-0.1, -0.05) is 0 Å². The summed E-state index contributed by atoms with van der Waals surface area (Å²) in [5.74, 6) is -0.312. The first-order chi connectivity index (χ1) is 8.03. The third kappa shape index (κ3) is 7.14. The maximum atomic E-state index is 11.8. The molecule has 0 spiro atoms. The van der Waals surface area contributed by atoms with E-state index in [1.165, 1.54) is 4.90 Å². The Bertz CT molecular complexity index is 294. The summed E-state index contributed by atoms with van der Waals surface area (Å²) in [5, 5.41) is 0. The van der Waals surface area contributed by atoms with Crippen LogP contribution in [0.5, 0.6) is 0 Å². The maximum absolute atomic E-state index is 11.8. The fourth-order valence-electron chi connectivity index (χ4n) is 1.20. The normalized spacial score (nSPS) is 13.1. The zero-order valence-electron chi connectivity index (χ0n) is 12.4. The average molecular weight is 259 g/mol. The van der Waals surface area contributed by atoms with Crippen LogP contribution in [-0.4, -0.2) is 41.8 Å². The standard InChI is InChI=1S/C13H25NO4/c1-9(2)17-11(15)8-10(3)14(7)12(16)18-13(4,5)6/h9-10H,8H2,1-7H3. The van der Waals surface area contributed by atoms with Crippen LogP contribution >= 0.6 is 0 Å². The highest BCUT2D eigenvalue weighted by Gasteiger charge is 2.24. The van der Waals surface area contributed by atoms with Crippen molar-refractivity contribution in [2.45, 2.75) is 65.7 Å². The minimum absolute atomic E-state index is 0.142. The molecule has 0 fully saturated rings. The van der Waals surface area contributed by atoms with Crippen molar-refractivity contribution in [2.75, 3.05) is 7.05 Å². The van der Waals surface area contributed by atoms with Crippen molar-refractivity contribution in [3.05, 3.63) is 0 Å². The van der Waals surface area contributed by atoms with Gasteiger partial charge in [0, 0.05) is 13.1 Å². The van der Waals surface area contributed by atoms with Crippen LogP contribution in [0.1, 0.15) is 48.0 Å². The van der Waals surface area contributed by atoms with Crippen LogP contribution in [0.2, 0.25) is 0 Å². The molecule has 0 saturated carbocycles. The van der Waals surface area contributed by atoms with Gasteiger partial charge in [-0.2, -0.15) is 0 Å². The molecule has 0 bridgehead atoms. The first-order valence-electron chi connectivity index (χ1n) is 6.18. The summed E-state index contributed by atoms with van der Waals surface area (Å²) in [5.41, 5.74) is -0.538. The highest BCUT2D eigenvalue weighted by Crippen LogP contribution is 2.12. The fraction of sp³-hybridized carbons (Fsp3) is 0.846. The third-order valence-electron chi connectivity index (χ3n) is 2.17. The molecule has 0 heterocycles. The largest absolute Gasteiger partial charge is 0.463 e. The maximum Gasteiger partial charge on any atom is 0.410 e. The van der Waals surface area contributed by atoms with Crippen molar-refractivity contribution in [3.63, 3.8) is 0 Å². The van der Waals surface area contributed by atoms with Crippen molar-refractivity contribution in [1.29, 1.82) is 0 Å². The molecule has 106 valence electrons. The second-order valence-corrected chi connectivity index (χ2v) is 5.68. The first-order valence-corrected chi connectivity index (χ1v) is 6.18. The Hall–Kier alpha value is -1.26. The fourth-order valence-corrected chi connectivity index (χ4v) is 1.20. The molecule has 18 heavy (non-hydrogen) atoms. The van der Waals surface area contributed by atoms with Gasteiger partial charge in [0.25, 0.3) is 0 Å². The van der Waals surface area contributed by atoms with Gasteiger partial charge < -0.3 is 14.4 Å². The molecule has 0 aromatic rings. The number of hydrogen-bond acceptors (Lipinski definition) is 4. The zero-order chi connectivity index (χ0) is 14.5. The Balaban J connectivity index is 4.29. The van der Waals surface area contributed by atoms with Crippen LogP contribution < -0.4 is 0 Å². The van der Waals surface area contributed by atoms with E-state index in [-0.39, 0.29) is 24.5 Å². The molecule has 0 aromatic carbocycles. The molecule has 1 unspecified atom stereocenters. The number of rotatable bonds is 4. The lowest BCUT2D eigenvalue weighted by Crippen LogP contribution is -2.40. The molecule has 0 rings (SSSR count). The van der Waals surface area contributed by atoms with Gasteiger partial charge in [-0.05, 0) is 41.5 Å². The van der Waals surface area contributed by atoms with Gasteiger partial charge in [-0.25, -0.2) is 4.79 Å². The molecule has 5 nitrogen and oxygen atoms in total. The van der Waals surface area contributed by atoms with Gasteiger partial charge in [0.2, 0.25) is 0 Å². The Morgan fingerprint density at radius 3 is 2.06 bits per heavy atom. The third-order valence-corrected chi connectivity index (χ3v) is 2.17. The molecule has 1 amide bonds. The molecule has 1 atom stereocenters. The van der Waals surface area contributed by atoms with E-state index in [0.29, 0.717) is 0 Å². The lowest BCUT2D eigenvalue weighted by atomic mass is 10.2. The molecule has 0 saturated heterocycles. The summed E-state index contributed by atoms with van der Waals surface area (Å²) in [4.78, 5) is 24.6. The van der Waals surface area contributed by atoms with Gasteiger partial charge in [0.1, 0.15) is 5.60 Å². The Kier molecular flexibility index (Phi) is 6.15. The minimum atomic E-state index is -0.538. The monoisotopic (exact) mass is 259 g/mol. The van der Waals surface area contributed by atoms with Crippen molar-refractivity contribution in [3.8, 4) is 0 Å². The van der Waals surface area contributed by atoms with E-state index in [0.717, 1.165) is 0 Å². The van der Waals surface area contributed by atoms with E-state index in [1.54, 1.807) is 48.6 Å². The molecule has 0 aliphatic carbocycles. The molecule has 0 radical (unpaired) electrons. The first kappa shape index (κ1) is 16.7. The summed E-state index contributed by atoms with van der Waals surface area (Å²) in [7, 11) is 1.61. The van der Waals surface area contributed by atoms with E-state index in [2.05, 4.69) is 0 Å². The van der Waals surface area contributed by atoms with Crippen LogP contribution in [0.4, 0.5) is 4.79 Å². The van der Waals surface area contributed by atoms with E-state index in [4.69, 9.17) is 9.47 Å². The molecular formula is C13H25NO4. The predicted molar refractivity (Wildman–Crippen MR) is 69.3 cm³/mol. The lowest BCUT2D eigenvalue weighted by molar-refractivity contribution is -0.148. The topological polar surface area (TPSA) is 55.8 Å². The van der Waals surface area contributed by atoms with E-state index in [9.17, 15) is 9.59 Å². The van der Waals surface area contributed by atoms with Gasteiger partial charge in [0.05, 0.1) is 12.5 Å². The molecule has 0 N–H and O–H groups in total. The second-order valence-electron chi connectivity index (χ2n) is 5.68. The summed E-state index contributed by atoms with van der Waals surface area (Å²) in [6.07, 6.45) is -0.419. The van der Waals surface area contributed by atoms with Crippen LogP contribution in [0.25, 0.3) is 0 Å². The Labute approximate surface area is 109 Å². The number of esters is 1. The molecule has 0 aliphatic rings. The van der Waals surface area contributed by atoms with E-state index < -0.39 is 11.7 Å². The van der Waals surface area contributed by atoms with Crippen LogP contribution in [0.15, 0.2) is 0 Å². The van der Waals surface area contributed by atoms with Crippen molar-refractivity contribution >= 4 is 12.1 Å². The van der Waals surface area contributed by atoms with Gasteiger partial charge in [0.15, 0.2) is 0 Å². The van der Waals surface area contributed by atoms with Crippen LogP contribution in [-0.2, 0) is 14.3 Å². The van der Waals surface area contributed by atoms with E-state index >= 15 is 0 Å². The lowest BCUT2D eigenvalue weighted by Gasteiger charge is -2.28. The van der Waals surface area contributed by atoms with E-state index in [1.807, 2.05) is 0 Å². The molecule has 5 heteroatoms. The smallest absolute Gasteiger partial charge is 0.410 e. The number of carbonyl (C=O) groups is 2. The SMILES string of the molecule is CC(C)OC(=O)CC(C)N(C)C(=O)OC(C)(C)C. The molecular weight excluding hydrogens is 234 g/mol. The zero-order valence-corrected chi connectivity index (χ0v) is 12.4. The number of hydrogen-bond donors (Lipinski definition) is 0. The quantitative estimate of drug-likeness (QED) is 0.728. The summed E-state index contributed by atoms with van der Waals surface area (Å²) in [6, 6.07) is -0.258. The summed E-state index contributed by atoms with van der Waals surface area (Å²) >= 11 is 0. The number of ether oxygens (including phenoxy) is 2. The highest BCUT2D eigenvalue weighted by molar-refractivity contribution is 5.72. The van der Waals surface area contributed by atoms with Gasteiger partial charge in [-0.3, -0.25) is 4.79 Å². The number of carbonyl (C=O) groups excluding carboxylic acids is 2. The molecule has 0 aliphatic heterocycles. The van der Waals surface area contributed by atoms with Crippen LogP contribution in [0.3, 0.4) is 0 Å². The average Bonchev–Trinajstić information content (AvgIpc) is 2.11. The Morgan fingerprint density at radius 1 is 1.17 bits per heavy atom. The number of nitrogens with zero attached hydrogens (tertiary/aromatic N) is 1. The molecule has 0 aromatic heterocycles. The minimum Gasteiger partial charge on any atom is -0.463 e. The van der Waals surface area contributed by atoms with Crippen molar-refractivity contribution in [2.24, 2.45) is 0 Å². The predicted octanol–water partition coefficient (Wildman–Crippen LogP) is 2.58. The second kappa shape index (κ2) is 6.61. The van der Waals surface area contributed by atoms with Gasteiger partial charge >= 0.3 is 12.1 Å². The van der Waals surface area contributed by atoms with Gasteiger partial charge in [-0.15, -0.1) is 0 Å². The van der Waals surface area contributed by atoms with Crippen molar-refractivity contribution in [1.82, 2.24) is 4.90 Å². The summed E-state index contributed by atoms with van der Waals surface area (Å²) in [6.45, 7) is 10.8. The van der Waals surface area contributed by atoms with Crippen molar-refractivity contribution < 1.29 is 19.1 Å². The Morgan fingerprint density at radius 2 is 1.67 bits per heavy atom. The van der Waals surface area contributed by atoms with Crippen LogP contribution in [0, 0.1) is 0 Å².